The van der Waals surface area contributed by atoms with Crippen molar-refractivity contribution >= 4 is 33.1 Å². The van der Waals surface area contributed by atoms with E-state index in [9.17, 15) is 0 Å². The normalized spacial score (nSPS) is 11.4. The lowest BCUT2D eigenvalue weighted by Crippen LogP contribution is -2.16. The van der Waals surface area contributed by atoms with Crippen LogP contribution in [0.3, 0.4) is 0 Å². The van der Waals surface area contributed by atoms with Crippen molar-refractivity contribution in [3.63, 3.8) is 0 Å². The van der Waals surface area contributed by atoms with E-state index in [1.807, 2.05) is 12.1 Å². The van der Waals surface area contributed by atoms with Gasteiger partial charge in [-0.1, -0.05) is 60.1 Å². The van der Waals surface area contributed by atoms with Crippen molar-refractivity contribution in [2.45, 2.75) is 13.0 Å². The molecule has 3 rings (SSSR count). The predicted molar refractivity (Wildman–Crippen MR) is 94.7 cm³/mol. The molecule has 0 aliphatic rings. The highest BCUT2D eigenvalue weighted by Gasteiger charge is 2.11. The van der Waals surface area contributed by atoms with Gasteiger partial charge in [0.25, 0.3) is 0 Å². The summed E-state index contributed by atoms with van der Waals surface area (Å²) < 4.78 is 5.09. The first-order chi connectivity index (χ1) is 10.8. The molecule has 0 radical (unpaired) electrons. The second kappa shape index (κ2) is 7.10. The minimum atomic E-state index is 0.787. The Balaban J connectivity index is 2.03. The fourth-order valence-electron chi connectivity index (χ4n) is 2.91. The third-order valence-corrected chi connectivity index (χ3v) is 4.39. The lowest BCUT2D eigenvalue weighted by atomic mass is 9.96. The smallest absolute Gasteiger partial charge is 0.0562 e. The second-order valence-corrected chi connectivity index (χ2v) is 5.78. The molecule has 0 aliphatic carbocycles. The molecule has 3 aromatic rings. The van der Waals surface area contributed by atoms with E-state index in [1.54, 1.807) is 7.11 Å². The molecule has 0 saturated carbocycles. The Morgan fingerprint density at radius 2 is 1.45 bits per heavy atom. The van der Waals surface area contributed by atoms with Crippen LogP contribution >= 0.6 is 11.6 Å². The van der Waals surface area contributed by atoms with Gasteiger partial charge in [0, 0.05) is 31.0 Å². The van der Waals surface area contributed by atoms with Crippen LogP contribution in [0.4, 0.5) is 0 Å². The van der Waals surface area contributed by atoms with E-state index in [0.717, 1.165) is 41.9 Å². The highest BCUT2D eigenvalue weighted by Crippen LogP contribution is 2.35. The van der Waals surface area contributed by atoms with Crippen LogP contribution in [0.5, 0.6) is 0 Å². The molecular formula is C19H20ClNO. The van der Waals surface area contributed by atoms with Crippen molar-refractivity contribution in [2.24, 2.45) is 0 Å². The first kappa shape index (κ1) is 15.3. The van der Waals surface area contributed by atoms with Gasteiger partial charge in [0.1, 0.15) is 0 Å². The van der Waals surface area contributed by atoms with Crippen molar-refractivity contribution < 1.29 is 4.74 Å². The lowest BCUT2D eigenvalue weighted by Gasteiger charge is -2.14. The maximum atomic E-state index is 6.61. The standard InChI is InChI=1S/C19H20ClNO/c1-22-12-6-11-21-13-18-14-7-2-4-9-16(14)19(20)17-10-5-3-8-15(17)18/h2-5,7-10,21H,6,11-13H2,1H3. The van der Waals surface area contributed by atoms with E-state index in [4.69, 9.17) is 16.3 Å². The molecule has 0 aromatic heterocycles. The largest absolute Gasteiger partial charge is 0.385 e. The molecule has 0 spiro atoms. The fraction of sp³-hybridized carbons (Fsp3) is 0.263. The minimum absolute atomic E-state index is 0.787. The first-order valence-electron chi connectivity index (χ1n) is 7.60. The van der Waals surface area contributed by atoms with Crippen LogP contribution in [0.1, 0.15) is 12.0 Å². The third kappa shape index (κ3) is 2.95. The van der Waals surface area contributed by atoms with Gasteiger partial charge in [0.2, 0.25) is 0 Å². The van der Waals surface area contributed by atoms with Crippen molar-refractivity contribution in [3.05, 3.63) is 59.1 Å². The van der Waals surface area contributed by atoms with E-state index in [1.165, 1.54) is 16.3 Å². The fourth-order valence-corrected chi connectivity index (χ4v) is 3.24. The van der Waals surface area contributed by atoms with Gasteiger partial charge in [-0.3, -0.25) is 0 Å². The summed E-state index contributed by atoms with van der Waals surface area (Å²) in [7, 11) is 1.74. The Bertz CT molecular complexity index is 728. The quantitative estimate of drug-likeness (QED) is 0.522. The zero-order valence-corrected chi connectivity index (χ0v) is 13.5. The van der Waals surface area contributed by atoms with Gasteiger partial charge in [0.05, 0.1) is 5.02 Å². The summed E-state index contributed by atoms with van der Waals surface area (Å²) in [6.45, 7) is 2.57. The maximum absolute atomic E-state index is 6.61. The molecule has 1 N–H and O–H groups in total. The molecule has 0 saturated heterocycles. The molecule has 2 nitrogen and oxygen atoms in total. The molecule has 0 heterocycles. The number of ether oxygens (including phenoxy) is 1. The number of halogens is 1. The second-order valence-electron chi connectivity index (χ2n) is 5.41. The molecule has 3 aromatic carbocycles. The summed E-state index contributed by atoms with van der Waals surface area (Å²) in [5.74, 6) is 0. The monoisotopic (exact) mass is 313 g/mol. The molecule has 22 heavy (non-hydrogen) atoms. The van der Waals surface area contributed by atoms with Gasteiger partial charge in [-0.2, -0.15) is 0 Å². The van der Waals surface area contributed by atoms with Gasteiger partial charge in [-0.25, -0.2) is 0 Å². The summed E-state index contributed by atoms with van der Waals surface area (Å²) in [5.41, 5.74) is 1.31. The maximum Gasteiger partial charge on any atom is 0.0562 e. The molecule has 0 bridgehead atoms. The van der Waals surface area contributed by atoms with Crippen molar-refractivity contribution in [2.75, 3.05) is 20.3 Å². The zero-order valence-electron chi connectivity index (χ0n) is 12.7. The van der Waals surface area contributed by atoms with Gasteiger partial charge in [0.15, 0.2) is 0 Å². The molecule has 0 atom stereocenters. The van der Waals surface area contributed by atoms with Crippen LogP contribution in [0.2, 0.25) is 5.02 Å². The summed E-state index contributed by atoms with van der Waals surface area (Å²) in [6.07, 6.45) is 1.01. The van der Waals surface area contributed by atoms with Crippen LogP contribution in [-0.2, 0) is 11.3 Å². The summed E-state index contributed by atoms with van der Waals surface area (Å²) >= 11 is 6.61. The molecule has 0 fully saturated rings. The molecular weight excluding hydrogens is 294 g/mol. The first-order valence-corrected chi connectivity index (χ1v) is 7.98. The van der Waals surface area contributed by atoms with Gasteiger partial charge >= 0.3 is 0 Å². The number of hydrogen-bond donors (Lipinski definition) is 1. The average molecular weight is 314 g/mol. The Kier molecular flexibility index (Phi) is 4.94. The Morgan fingerprint density at radius 3 is 2.00 bits per heavy atom. The number of hydrogen-bond acceptors (Lipinski definition) is 2. The average Bonchev–Trinajstić information content (AvgIpc) is 2.57. The molecule has 114 valence electrons. The van der Waals surface area contributed by atoms with Crippen molar-refractivity contribution in [1.82, 2.24) is 5.32 Å². The highest BCUT2D eigenvalue weighted by molar-refractivity contribution is 6.41. The SMILES string of the molecule is COCCCNCc1c2ccccc2c(Cl)c2ccccc12. The van der Waals surface area contributed by atoms with Crippen LogP contribution in [0, 0.1) is 0 Å². The Hall–Kier alpha value is -1.61. The molecule has 0 aliphatic heterocycles. The van der Waals surface area contributed by atoms with Gasteiger partial charge < -0.3 is 10.1 Å². The number of methoxy groups -OCH3 is 1. The van der Waals surface area contributed by atoms with Crippen LogP contribution in [0.25, 0.3) is 21.5 Å². The molecule has 0 unspecified atom stereocenters. The van der Waals surface area contributed by atoms with Crippen molar-refractivity contribution in [3.8, 4) is 0 Å². The lowest BCUT2D eigenvalue weighted by molar-refractivity contribution is 0.194. The number of nitrogens with one attached hydrogen (secondary N) is 1. The molecule has 3 heteroatoms. The van der Waals surface area contributed by atoms with Gasteiger partial charge in [-0.05, 0) is 29.3 Å². The van der Waals surface area contributed by atoms with Crippen LogP contribution in [0.15, 0.2) is 48.5 Å². The Labute approximate surface area is 136 Å². The summed E-state index contributed by atoms with van der Waals surface area (Å²) in [4.78, 5) is 0. The highest BCUT2D eigenvalue weighted by atomic mass is 35.5. The molecule has 0 amide bonds. The minimum Gasteiger partial charge on any atom is -0.385 e. The predicted octanol–water partition coefficient (Wildman–Crippen LogP) is 4.77. The topological polar surface area (TPSA) is 21.3 Å². The van der Waals surface area contributed by atoms with Crippen LogP contribution < -0.4 is 5.32 Å². The number of rotatable bonds is 6. The third-order valence-electron chi connectivity index (χ3n) is 3.98. The zero-order chi connectivity index (χ0) is 15.4. The number of fused-ring (bicyclic) bond motifs is 2. The van der Waals surface area contributed by atoms with Gasteiger partial charge in [-0.15, -0.1) is 0 Å². The van der Waals surface area contributed by atoms with E-state index >= 15 is 0 Å². The summed E-state index contributed by atoms with van der Waals surface area (Å²) in [5, 5.41) is 9.06. The van der Waals surface area contributed by atoms with Crippen molar-refractivity contribution in [1.29, 1.82) is 0 Å². The van der Waals surface area contributed by atoms with E-state index in [-0.39, 0.29) is 0 Å². The van der Waals surface area contributed by atoms with E-state index < -0.39 is 0 Å². The number of benzene rings is 3. The van der Waals surface area contributed by atoms with E-state index in [0.29, 0.717) is 0 Å². The Morgan fingerprint density at radius 1 is 0.909 bits per heavy atom. The van der Waals surface area contributed by atoms with Crippen LogP contribution in [-0.4, -0.2) is 20.3 Å². The summed E-state index contributed by atoms with van der Waals surface area (Å²) in [6, 6.07) is 16.7. The van der Waals surface area contributed by atoms with E-state index in [2.05, 4.69) is 41.7 Å².